The Morgan fingerprint density at radius 1 is 1.11 bits per heavy atom. The monoisotopic (exact) mass is 489 g/mol. The van der Waals surface area contributed by atoms with Crippen molar-refractivity contribution >= 4 is 51.9 Å². The summed E-state index contributed by atoms with van der Waals surface area (Å²) < 4.78 is 7.40. The lowest BCUT2D eigenvalue weighted by Crippen LogP contribution is -2.37. The van der Waals surface area contributed by atoms with Gasteiger partial charge in [-0.2, -0.15) is 9.97 Å². The number of hydrogen-bond donors (Lipinski definition) is 2. The van der Waals surface area contributed by atoms with Crippen LogP contribution in [0, 0.1) is 0 Å². The average molecular weight is 490 g/mol. The van der Waals surface area contributed by atoms with E-state index in [0.717, 1.165) is 35.6 Å². The van der Waals surface area contributed by atoms with E-state index < -0.39 is 0 Å². The number of nitrogens with two attached hydrogens (primary N) is 1. The fourth-order valence-electron chi connectivity index (χ4n) is 3.90. The van der Waals surface area contributed by atoms with Crippen LogP contribution in [-0.2, 0) is 16.1 Å². The van der Waals surface area contributed by atoms with Crippen molar-refractivity contribution in [2.75, 3.05) is 42.3 Å². The van der Waals surface area contributed by atoms with Crippen molar-refractivity contribution in [3.05, 3.63) is 77.3 Å². The first-order chi connectivity index (χ1) is 17.1. The van der Waals surface area contributed by atoms with Crippen LogP contribution in [0.3, 0.4) is 0 Å². The first kappa shape index (κ1) is 22.8. The predicted molar refractivity (Wildman–Crippen MR) is 137 cm³/mol. The number of halogens is 1. The summed E-state index contributed by atoms with van der Waals surface area (Å²) in [6.45, 7) is 3.34. The molecule has 35 heavy (non-hydrogen) atoms. The highest BCUT2D eigenvalue weighted by Crippen LogP contribution is 2.25. The zero-order valence-electron chi connectivity index (χ0n) is 18.9. The van der Waals surface area contributed by atoms with Crippen molar-refractivity contribution in [1.82, 2.24) is 19.5 Å². The Labute approximate surface area is 207 Å². The molecule has 0 radical (unpaired) electrons. The van der Waals surface area contributed by atoms with Gasteiger partial charge in [0.1, 0.15) is 0 Å². The largest absolute Gasteiger partial charge is 0.397 e. The van der Waals surface area contributed by atoms with Gasteiger partial charge >= 0.3 is 0 Å². The Morgan fingerprint density at radius 2 is 1.89 bits per heavy atom. The van der Waals surface area contributed by atoms with Crippen molar-refractivity contribution in [2.24, 2.45) is 0 Å². The number of nitrogen functional groups attached to an aromatic ring is 1. The molecule has 0 bridgehead atoms. The standard InChI is InChI=1S/C25H24ClN7O2/c26-25-30-23(32-11-13-35-14-12-32)22-24(31-25)33(16-28-22)15-18-7-5-17(6-8-18)9-10-21(34)29-20-4-2-1-3-19(20)27/h1-10,16H,11-15,27H2,(H,29,34)/b10-9+. The molecule has 1 saturated heterocycles. The summed E-state index contributed by atoms with van der Waals surface area (Å²) in [6, 6.07) is 15.1. The quantitative estimate of drug-likeness (QED) is 0.242. The number of carbonyl (C=O) groups excluding carboxylic acids is 1. The third-order valence-electron chi connectivity index (χ3n) is 5.71. The smallest absolute Gasteiger partial charge is 0.248 e. The second-order valence-corrected chi connectivity index (χ2v) is 8.45. The lowest BCUT2D eigenvalue weighted by atomic mass is 10.1. The van der Waals surface area contributed by atoms with Crippen LogP contribution in [0.15, 0.2) is 60.9 Å². The van der Waals surface area contributed by atoms with Crippen molar-refractivity contribution in [3.63, 3.8) is 0 Å². The zero-order chi connectivity index (χ0) is 24.2. The second-order valence-electron chi connectivity index (χ2n) is 8.11. The van der Waals surface area contributed by atoms with Gasteiger partial charge in [-0.15, -0.1) is 0 Å². The van der Waals surface area contributed by atoms with E-state index in [4.69, 9.17) is 22.1 Å². The number of rotatable bonds is 6. The van der Waals surface area contributed by atoms with E-state index in [9.17, 15) is 4.79 Å². The maximum Gasteiger partial charge on any atom is 0.248 e. The summed E-state index contributed by atoms with van der Waals surface area (Å²) in [7, 11) is 0. The van der Waals surface area contributed by atoms with Gasteiger partial charge in [0.2, 0.25) is 11.2 Å². The minimum atomic E-state index is -0.246. The minimum absolute atomic E-state index is 0.191. The van der Waals surface area contributed by atoms with Crippen LogP contribution in [0.4, 0.5) is 17.2 Å². The normalized spacial score (nSPS) is 14.0. The highest BCUT2D eigenvalue weighted by atomic mass is 35.5. The molecule has 0 saturated carbocycles. The molecular formula is C25H24ClN7O2. The number of aromatic nitrogens is 4. The van der Waals surface area contributed by atoms with Gasteiger partial charge < -0.3 is 25.3 Å². The first-order valence-corrected chi connectivity index (χ1v) is 11.6. The van der Waals surface area contributed by atoms with E-state index in [1.54, 1.807) is 24.5 Å². The molecule has 1 aliphatic rings. The molecule has 9 nitrogen and oxygen atoms in total. The number of imidazole rings is 1. The van der Waals surface area contributed by atoms with Gasteiger partial charge in [0.05, 0.1) is 37.5 Å². The van der Waals surface area contributed by atoms with Crippen molar-refractivity contribution < 1.29 is 9.53 Å². The van der Waals surface area contributed by atoms with E-state index in [0.29, 0.717) is 36.8 Å². The molecule has 10 heteroatoms. The van der Waals surface area contributed by atoms with Crippen LogP contribution < -0.4 is 16.0 Å². The molecule has 2 aromatic heterocycles. The number of anilines is 3. The van der Waals surface area contributed by atoms with Crippen LogP contribution >= 0.6 is 11.6 Å². The molecule has 5 rings (SSSR count). The third-order valence-corrected chi connectivity index (χ3v) is 5.88. The Morgan fingerprint density at radius 3 is 2.66 bits per heavy atom. The number of ether oxygens (including phenoxy) is 1. The zero-order valence-corrected chi connectivity index (χ0v) is 19.7. The fraction of sp³-hybridized carbons (Fsp3) is 0.200. The van der Waals surface area contributed by atoms with E-state index in [1.807, 2.05) is 41.0 Å². The van der Waals surface area contributed by atoms with Gasteiger partial charge in [0.25, 0.3) is 0 Å². The number of para-hydroxylation sites is 2. The molecule has 3 N–H and O–H groups in total. The van der Waals surface area contributed by atoms with Crippen molar-refractivity contribution in [3.8, 4) is 0 Å². The molecule has 3 heterocycles. The lowest BCUT2D eigenvalue weighted by Gasteiger charge is -2.27. The van der Waals surface area contributed by atoms with Gasteiger partial charge in [-0.25, -0.2) is 4.98 Å². The lowest BCUT2D eigenvalue weighted by molar-refractivity contribution is -0.111. The van der Waals surface area contributed by atoms with Crippen molar-refractivity contribution in [2.45, 2.75) is 6.54 Å². The molecule has 1 aliphatic heterocycles. The van der Waals surface area contributed by atoms with Crippen LogP contribution in [0.1, 0.15) is 11.1 Å². The molecule has 4 aromatic rings. The summed E-state index contributed by atoms with van der Waals surface area (Å²) in [6.07, 6.45) is 5.00. The summed E-state index contributed by atoms with van der Waals surface area (Å²) in [4.78, 5) is 27.8. The SMILES string of the molecule is Nc1ccccc1NC(=O)/C=C/c1ccc(Cn2cnc3c(N4CCOCC4)nc(Cl)nc32)cc1. The first-order valence-electron chi connectivity index (χ1n) is 11.2. The maximum absolute atomic E-state index is 12.2. The molecule has 2 aromatic carbocycles. The van der Waals surface area contributed by atoms with E-state index >= 15 is 0 Å². The third kappa shape index (κ3) is 5.26. The summed E-state index contributed by atoms with van der Waals surface area (Å²) in [5, 5.41) is 2.97. The number of nitrogens with zero attached hydrogens (tertiary/aromatic N) is 5. The molecule has 178 valence electrons. The second kappa shape index (κ2) is 10.1. The van der Waals surface area contributed by atoms with Crippen LogP contribution in [0.25, 0.3) is 17.2 Å². The fourth-order valence-corrected chi connectivity index (χ4v) is 4.06. The maximum atomic E-state index is 12.2. The Hall–Kier alpha value is -3.95. The number of hydrogen-bond acceptors (Lipinski definition) is 7. The van der Waals surface area contributed by atoms with Gasteiger partial charge in [-0.3, -0.25) is 4.79 Å². The molecular weight excluding hydrogens is 466 g/mol. The number of carbonyl (C=O) groups is 1. The van der Waals surface area contributed by atoms with Gasteiger partial charge in [0.15, 0.2) is 17.0 Å². The van der Waals surface area contributed by atoms with Crippen LogP contribution in [-0.4, -0.2) is 51.7 Å². The minimum Gasteiger partial charge on any atom is -0.397 e. The van der Waals surface area contributed by atoms with Crippen molar-refractivity contribution in [1.29, 1.82) is 0 Å². The van der Waals surface area contributed by atoms with Gasteiger partial charge in [-0.05, 0) is 40.9 Å². The Kier molecular flexibility index (Phi) is 6.60. The molecule has 1 amide bonds. The van der Waals surface area contributed by atoms with Gasteiger partial charge in [-0.1, -0.05) is 36.4 Å². The molecule has 0 unspecified atom stereocenters. The molecule has 0 spiro atoms. The number of fused-ring (bicyclic) bond motifs is 1. The highest BCUT2D eigenvalue weighted by Gasteiger charge is 2.20. The Bertz CT molecular complexity index is 1380. The predicted octanol–water partition coefficient (Wildman–Crippen LogP) is 3.60. The highest BCUT2D eigenvalue weighted by molar-refractivity contribution is 6.28. The van der Waals surface area contributed by atoms with Crippen LogP contribution in [0.5, 0.6) is 0 Å². The van der Waals surface area contributed by atoms with E-state index in [1.165, 1.54) is 6.08 Å². The molecule has 1 fully saturated rings. The molecule has 0 aliphatic carbocycles. The Balaban J connectivity index is 1.28. The van der Waals surface area contributed by atoms with Gasteiger partial charge in [0, 0.05) is 19.2 Å². The number of benzene rings is 2. The number of nitrogens with one attached hydrogen (secondary N) is 1. The average Bonchev–Trinajstić information content (AvgIpc) is 3.27. The summed E-state index contributed by atoms with van der Waals surface area (Å²) >= 11 is 6.25. The number of morpholine rings is 1. The molecule has 0 atom stereocenters. The van der Waals surface area contributed by atoms with E-state index in [-0.39, 0.29) is 11.2 Å². The van der Waals surface area contributed by atoms with E-state index in [2.05, 4.69) is 25.2 Å². The van der Waals surface area contributed by atoms with Crippen LogP contribution in [0.2, 0.25) is 5.28 Å². The number of amides is 1. The summed E-state index contributed by atoms with van der Waals surface area (Å²) in [5.74, 6) is 0.488. The summed E-state index contributed by atoms with van der Waals surface area (Å²) in [5.41, 5.74) is 10.4. The topological polar surface area (TPSA) is 111 Å².